The van der Waals surface area contributed by atoms with E-state index in [9.17, 15) is 14.7 Å². The fourth-order valence-corrected chi connectivity index (χ4v) is 3.82. The van der Waals surface area contributed by atoms with Crippen molar-refractivity contribution in [3.05, 3.63) is 21.9 Å². The van der Waals surface area contributed by atoms with Crippen LogP contribution in [0.3, 0.4) is 0 Å². The van der Waals surface area contributed by atoms with E-state index in [1.54, 1.807) is 11.3 Å². The average Bonchev–Trinajstić information content (AvgIpc) is 3.05. The Morgan fingerprint density at radius 2 is 2.10 bits per heavy atom. The second kappa shape index (κ2) is 6.39. The molecule has 2 rings (SSSR count). The number of carboxylic acid groups (broad SMARTS) is 1. The molecule has 5 heteroatoms. The van der Waals surface area contributed by atoms with Gasteiger partial charge in [-0.15, -0.1) is 11.3 Å². The van der Waals surface area contributed by atoms with Crippen LogP contribution in [0.25, 0.3) is 0 Å². The Kier molecular flexibility index (Phi) is 4.81. The first-order valence-corrected chi connectivity index (χ1v) is 8.01. The first-order chi connectivity index (χ1) is 9.57. The predicted molar refractivity (Wildman–Crippen MR) is 78.7 cm³/mol. The van der Waals surface area contributed by atoms with E-state index in [4.69, 9.17) is 0 Å². The first-order valence-electron chi connectivity index (χ1n) is 7.13. The zero-order valence-electron chi connectivity index (χ0n) is 11.8. The molecule has 0 spiro atoms. The lowest BCUT2D eigenvalue weighted by molar-refractivity contribution is -0.151. The largest absolute Gasteiger partial charge is 0.481 e. The van der Waals surface area contributed by atoms with Crippen molar-refractivity contribution in [1.29, 1.82) is 0 Å². The number of carbonyl (C=O) groups excluding carboxylic acids is 1. The van der Waals surface area contributed by atoms with Crippen molar-refractivity contribution in [3.63, 3.8) is 0 Å². The number of thiophene rings is 1. The smallest absolute Gasteiger partial charge is 0.310 e. The van der Waals surface area contributed by atoms with Gasteiger partial charge in [0.05, 0.1) is 12.0 Å². The Hall–Kier alpha value is -1.36. The molecular weight excluding hydrogens is 274 g/mol. The number of nitrogens with one attached hydrogen (secondary N) is 1. The lowest BCUT2D eigenvalue weighted by atomic mass is 9.82. The van der Waals surface area contributed by atoms with Crippen molar-refractivity contribution in [2.75, 3.05) is 0 Å². The normalized spacial score (nSPS) is 17.1. The summed E-state index contributed by atoms with van der Waals surface area (Å²) in [5.41, 5.74) is 0.428. The highest BCUT2D eigenvalue weighted by Crippen LogP contribution is 2.41. The van der Waals surface area contributed by atoms with Crippen molar-refractivity contribution in [3.8, 4) is 0 Å². The minimum absolute atomic E-state index is 0.106. The molecule has 1 amide bonds. The molecule has 0 bridgehead atoms. The second-order valence-corrected chi connectivity index (χ2v) is 6.47. The topological polar surface area (TPSA) is 66.4 Å². The zero-order valence-corrected chi connectivity index (χ0v) is 12.6. The van der Waals surface area contributed by atoms with Gasteiger partial charge in [-0.25, -0.2) is 0 Å². The fourth-order valence-electron chi connectivity index (χ4n) is 2.90. The quantitative estimate of drug-likeness (QED) is 0.848. The minimum Gasteiger partial charge on any atom is -0.481 e. The molecule has 1 saturated carbocycles. The molecule has 0 aromatic carbocycles. The Bertz CT molecular complexity index is 489. The SMILES string of the molecule is CCc1ccsc1CNC(=O)CC1(C(=O)O)CCCC1. The summed E-state index contributed by atoms with van der Waals surface area (Å²) in [4.78, 5) is 24.6. The Labute approximate surface area is 123 Å². The number of hydrogen-bond acceptors (Lipinski definition) is 3. The van der Waals surface area contributed by atoms with Crippen LogP contribution in [0.2, 0.25) is 0 Å². The maximum absolute atomic E-state index is 12.0. The summed E-state index contributed by atoms with van der Waals surface area (Å²) in [6, 6.07) is 2.07. The third-order valence-corrected chi connectivity index (χ3v) is 5.14. The van der Waals surface area contributed by atoms with Crippen molar-refractivity contribution in [2.45, 2.75) is 52.0 Å². The predicted octanol–water partition coefficient (Wildman–Crippen LogP) is 2.96. The molecule has 0 aliphatic heterocycles. The first kappa shape index (κ1) is 15.0. The van der Waals surface area contributed by atoms with E-state index in [0.717, 1.165) is 24.1 Å². The van der Waals surface area contributed by atoms with Gasteiger partial charge in [0.25, 0.3) is 0 Å². The number of rotatable bonds is 6. The molecular formula is C15H21NO3S. The van der Waals surface area contributed by atoms with Crippen LogP contribution in [0.4, 0.5) is 0 Å². The molecule has 1 fully saturated rings. The molecule has 20 heavy (non-hydrogen) atoms. The molecule has 1 aliphatic rings. The van der Waals surface area contributed by atoms with Crippen LogP contribution >= 0.6 is 11.3 Å². The fraction of sp³-hybridized carbons (Fsp3) is 0.600. The third-order valence-electron chi connectivity index (χ3n) is 4.18. The van der Waals surface area contributed by atoms with E-state index in [1.807, 2.05) is 5.38 Å². The number of hydrogen-bond donors (Lipinski definition) is 2. The van der Waals surface area contributed by atoms with Crippen LogP contribution < -0.4 is 5.32 Å². The number of aryl methyl sites for hydroxylation is 1. The molecule has 2 N–H and O–H groups in total. The molecule has 0 unspecified atom stereocenters. The Balaban J connectivity index is 1.91. The van der Waals surface area contributed by atoms with Crippen LogP contribution in [-0.2, 0) is 22.6 Å². The van der Waals surface area contributed by atoms with Crippen LogP contribution in [0.15, 0.2) is 11.4 Å². The summed E-state index contributed by atoms with van der Waals surface area (Å²) in [5, 5.41) is 14.3. The van der Waals surface area contributed by atoms with Gasteiger partial charge in [-0.3, -0.25) is 9.59 Å². The summed E-state index contributed by atoms with van der Waals surface area (Å²) < 4.78 is 0. The number of amides is 1. The summed E-state index contributed by atoms with van der Waals surface area (Å²) >= 11 is 1.63. The molecule has 1 aromatic rings. The molecule has 0 radical (unpaired) electrons. The van der Waals surface area contributed by atoms with Gasteiger partial charge < -0.3 is 10.4 Å². The maximum atomic E-state index is 12.0. The van der Waals surface area contributed by atoms with E-state index >= 15 is 0 Å². The van der Waals surface area contributed by atoms with Gasteiger partial charge >= 0.3 is 5.97 Å². The molecule has 110 valence electrons. The molecule has 1 aromatic heterocycles. The van der Waals surface area contributed by atoms with Gasteiger partial charge in [0.15, 0.2) is 0 Å². The summed E-state index contributed by atoms with van der Waals surface area (Å²) in [6.07, 6.45) is 4.11. The lowest BCUT2D eigenvalue weighted by Crippen LogP contribution is -2.35. The van der Waals surface area contributed by atoms with E-state index in [2.05, 4.69) is 18.3 Å². The van der Waals surface area contributed by atoms with Crippen molar-refractivity contribution in [2.24, 2.45) is 5.41 Å². The van der Waals surface area contributed by atoms with E-state index in [-0.39, 0.29) is 12.3 Å². The maximum Gasteiger partial charge on any atom is 0.310 e. The molecule has 0 atom stereocenters. The van der Waals surface area contributed by atoms with Crippen molar-refractivity contribution >= 4 is 23.2 Å². The van der Waals surface area contributed by atoms with Crippen molar-refractivity contribution < 1.29 is 14.7 Å². The molecule has 1 aliphatic carbocycles. The summed E-state index contributed by atoms with van der Waals surface area (Å²) in [5.74, 6) is -0.972. The number of carboxylic acids is 1. The highest BCUT2D eigenvalue weighted by atomic mass is 32.1. The van der Waals surface area contributed by atoms with E-state index in [0.29, 0.717) is 19.4 Å². The standard InChI is InChI=1S/C15H21NO3S/c1-2-11-5-8-20-12(11)10-16-13(17)9-15(14(18)19)6-3-4-7-15/h5,8H,2-4,6-7,9-10H2,1H3,(H,16,17)(H,18,19). The van der Waals surface area contributed by atoms with Gasteiger partial charge in [-0.05, 0) is 36.3 Å². The summed E-state index contributed by atoms with van der Waals surface area (Å²) in [6.45, 7) is 2.60. The lowest BCUT2D eigenvalue weighted by Gasteiger charge is -2.22. The molecule has 4 nitrogen and oxygen atoms in total. The number of carbonyl (C=O) groups is 2. The highest BCUT2D eigenvalue weighted by Gasteiger charge is 2.42. The highest BCUT2D eigenvalue weighted by molar-refractivity contribution is 7.10. The Morgan fingerprint density at radius 3 is 2.70 bits per heavy atom. The molecule has 0 saturated heterocycles. The van der Waals surface area contributed by atoms with Crippen LogP contribution in [0, 0.1) is 5.41 Å². The van der Waals surface area contributed by atoms with E-state index < -0.39 is 11.4 Å². The van der Waals surface area contributed by atoms with Gasteiger partial charge in [0, 0.05) is 11.3 Å². The number of aliphatic carboxylic acids is 1. The minimum atomic E-state index is -0.826. The van der Waals surface area contributed by atoms with E-state index in [1.165, 1.54) is 5.56 Å². The van der Waals surface area contributed by atoms with Gasteiger partial charge in [-0.2, -0.15) is 0 Å². The van der Waals surface area contributed by atoms with Crippen LogP contribution in [0.5, 0.6) is 0 Å². The van der Waals surface area contributed by atoms with Gasteiger partial charge in [-0.1, -0.05) is 19.8 Å². The Morgan fingerprint density at radius 1 is 1.40 bits per heavy atom. The third kappa shape index (κ3) is 3.20. The van der Waals surface area contributed by atoms with Crippen LogP contribution in [-0.4, -0.2) is 17.0 Å². The van der Waals surface area contributed by atoms with Gasteiger partial charge in [0.1, 0.15) is 0 Å². The van der Waals surface area contributed by atoms with Crippen LogP contribution in [0.1, 0.15) is 49.5 Å². The van der Waals surface area contributed by atoms with Gasteiger partial charge in [0.2, 0.25) is 5.91 Å². The van der Waals surface area contributed by atoms with Crippen molar-refractivity contribution in [1.82, 2.24) is 5.32 Å². The molecule has 1 heterocycles. The monoisotopic (exact) mass is 295 g/mol. The summed E-state index contributed by atoms with van der Waals surface area (Å²) in [7, 11) is 0. The zero-order chi connectivity index (χ0) is 14.6. The average molecular weight is 295 g/mol. The second-order valence-electron chi connectivity index (χ2n) is 5.47.